The summed E-state index contributed by atoms with van der Waals surface area (Å²) < 4.78 is 0. The Morgan fingerprint density at radius 3 is 2.50 bits per heavy atom. The lowest BCUT2D eigenvalue weighted by Crippen LogP contribution is -2.53. The lowest BCUT2D eigenvalue weighted by Gasteiger charge is -2.38. The summed E-state index contributed by atoms with van der Waals surface area (Å²) >= 11 is 0. The SMILES string of the molecule is CC1C(N)CCCC1C(=O)NCC1(N(C)C)CCCC1. The summed E-state index contributed by atoms with van der Waals surface area (Å²) in [7, 11) is 4.27. The molecule has 4 nitrogen and oxygen atoms in total. The topological polar surface area (TPSA) is 58.4 Å². The smallest absolute Gasteiger partial charge is 0.223 e. The zero-order valence-corrected chi connectivity index (χ0v) is 13.3. The second kappa shape index (κ2) is 6.44. The first kappa shape index (κ1) is 15.8. The molecule has 0 spiro atoms. The van der Waals surface area contributed by atoms with Gasteiger partial charge in [0.25, 0.3) is 0 Å². The number of nitrogens with zero attached hydrogens (tertiary/aromatic N) is 1. The Morgan fingerprint density at radius 2 is 1.90 bits per heavy atom. The predicted molar refractivity (Wildman–Crippen MR) is 82.4 cm³/mol. The molecule has 4 heteroatoms. The lowest BCUT2D eigenvalue weighted by molar-refractivity contribution is -0.128. The molecule has 0 aliphatic heterocycles. The minimum absolute atomic E-state index is 0.111. The molecule has 3 atom stereocenters. The second-order valence-electron chi connectivity index (χ2n) is 7.10. The maximum absolute atomic E-state index is 12.5. The minimum Gasteiger partial charge on any atom is -0.354 e. The molecule has 2 aliphatic rings. The van der Waals surface area contributed by atoms with E-state index in [1.165, 1.54) is 25.7 Å². The highest BCUT2D eigenvalue weighted by Crippen LogP contribution is 2.34. The average Bonchev–Trinajstić information content (AvgIpc) is 2.89. The number of carbonyl (C=O) groups excluding carboxylic acids is 1. The van der Waals surface area contributed by atoms with E-state index in [9.17, 15) is 4.79 Å². The van der Waals surface area contributed by atoms with Gasteiger partial charge in [-0.05, 0) is 45.7 Å². The van der Waals surface area contributed by atoms with Gasteiger partial charge in [0.05, 0.1) is 0 Å². The second-order valence-corrected chi connectivity index (χ2v) is 7.10. The molecule has 2 rings (SSSR count). The quantitative estimate of drug-likeness (QED) is 0.825. The molecule has 0 saturated heterocycles. The molecule has 0 radical (unpaired) electrons. The molecular weight excluding hydrogens is 250 g/mol. The van der Waals surface area contributed by atoms with Crippen LogP contribution in [-0.2, 0) is 4.79 Å². The van der Waals surface area contributed by atoms with Gasteiger partial charge >= 0.3 is 0 Å². The van der Waals surface area contributed by atoms with Crippen LogP contribution < -0.4 is 11.1 Å². The number of carbonyl (C=O) groups is 1. The Balaban J connectivity index is 1.91. The van der Waals surface area contributed by atoms with E-state index in [0.29, 0.717) is 5.92 Å². The van der Waals surface area contributed by atoms with Crippen molar-refractivity contribution < 1.29 is 4.79 Å². The summed E-state index contributed by atoms with van der Waals surface area (Å²) in [5.74, 6) is 0.641. The van der Waals surface area contributed by atoms with Gasteiger partial charge in [-0.25, -0.2) is 0 Å². The molecule has 0 heterocycles. The molecule has 2 saturated carbocycles. The third kappa shape index (κ3) is 3.17. The van der Waals surface area contributed by atoms with Crippen molar-refractivity contribution in [1.82, 2.24) is 10.2 Å². The largest absolute Gasteiger partial charge is 0.354 e. The van der Waals surface area contributed by atoms with Gasteiger partial charge in [-0.2, -0.15) is 0 Å². The number of likely N-dealkylation sites (N-methyl/N-ethyl adjacent to an activating group) is 1. The zero-order valence-electron chi connectivity index (χ0n) is 13.3. The maximum atomic E-state index is 12.5. The van der Waals surface area contributed by atoms with Crippen LogP contribution in [0.1, 0.15) is 51.9 Å². The fourth-order valence-corrected chi connectivity index (χ4v) is 3.97. The number of hydrogen-bond acceptors (Lipinski definition) is 3. The third-order valence-corrected chi connectivity index (χ3v) is 5.77. The number of amides is 1. The van der Waals surface area contributed by atoms with Crippen LogP contribution in [0.15, 0.2) is 0 Å². The fraction of sp³-hybridized carbons (Fsp3) is 0.938. The first-order valence-electron chi connectivity index (χ1n) is 8.17. The van der Waals surface area contributed by atoms with Crippen molar-refractivity contribution in [3.05, 3.63) is 0 Å². The van der Waals surface area contributed by atoms with Crippen molar-refractivity contribution in [2.45, 2.75) is 63.5 Å². The molecule has 2 fully saturated rings. The molecule has 1 amide bonds. The summed E-state index contributed by atoms with van der Waals surface area (Å²) in [6.45, 7) is 2.92. The molecule has 3 unspecified atom stereocenters. The number of hydrogen-bond donors (Lipinski definition) is 2. The van der Waals surface area contributed by atoms with Crippen LogP contribution in [0.25, 0.3) is 0 Å². The van der Waals surface area contributed by atoms with Gasteiger partial charge in [0.1, 0.15) is 0 Å². The van der Waals surface area contributed by atoms with E-state index in [2.05, 4.69) is 31.2 Å². The highest BCUT2D eigenvalue weighted by Gasteiger charge is 2.38. The summed E-state index contributed by atoms with van der Waals surface area (Å²) in [5.41, 5.74) is 6.29. The Morgan fingerprint density at radius 1 is 1.25 bits per heavy atom. The average molecular weight is 281 g/mol. The summed E-state index contributed by atoms with van der Waals surface area (Å²) in [6, 6.07) is 0.189. The van der Waals surface area contributed by atoms with Gasteiger partial charge in [0.15, 0.2) is 0 Å². The van der Waals surface area contributed by atoms with Crippen LogP contribution in [0.4, 0.5) is 0 Å². The molecule has 2 aliphatic carbocycles. The number of nitrogens with two attached hydrogens (primary N) is 1. The van der Waals surface area contributed by atoms with E-state index in [1.807, 2.05) is 0 Å². The predicted octanol–water partition coefficient (Wildman–Crippen LogP) is 1.74. The van der Waals surface area contributed by atoms with Crippen molar-refractivity contribution in [1.29, 1.82) is 0 Å². The van der Waals surface area contributed by atoms with Gasteiger partial charge < -0.3 is 16.0 Å². The summed E-state index contributed by atoms with van der Waals surface area (Å²) in [4.78, 5) is 14.8. The molecular formula is C16H31N3O. The number of nitrogens with one attached hydrogen (secondary N) is 1. The lowest BCUT2D eigenvalue weighted by atomic mass is 9.77. The van der Waals surface area contributed by atoms with Crippen LogP contribution in [0.5, 0.6) is 0 Å². The van der Waals surface area contributed by atoms with Gasteiger partial charge in [-0.3, -0.25) is 4.79 Å². The van der Waals surface area contributed by atoms with Crippen molar-refractivity contribution in [2.75, 3.05) is 20.6 Å². The summed E-state index contributed by atoms with van der Waals surface area (Å²) in [5, 5.41) is 3.23. The Bertz CT molecular complexity index is 337. The zero-order chi connectivity index (χ0) is 14.8. The van der Waals surface area contributed by atoms with Crippen LogP contribution >= 0.6 is 0 Å². The normalized spacial score (nSPS) is 33.4. The Labute approximate surface area is 123 Å². The minimum atomic E-state index is 0.111. The van der Waals surface area contributed by atoms with Gasteiger partial charge in [-0.15, -0.1) is 0 Å². The van der Waals surface area contributed by atoms with Crippen LogP contribution in [0, 0.1) is 11.8 Å². The highest BCUT2D eigenvalue weighted by atomic mass is 16.1. The number of rotatable bonds is 4. The maximum Gasteiger partial charge on any atom is 0.223 e. The van der Waals surface area contributed by atoms with E-state index in [4.69, 9.17) is 5.73 Å². The van der Waals surface area contributed by atoms with Crippen molar-refractivity contribution in [2.24, 2.45) is 17.6 Å². The van der Waals surface area contributed by atoms with E-state index >= 15 is 0 Å². The van der Waals surface area contributed by atoms with E-state index < -0.39 is 0 Å². The molecule has 0 aromatic heterocycles. The fourth-order valence-electron chi connectivity index (χ4n) is 3.97. The van der Waals surface area contributed by atoms with Crippen molar-refractivity contribution >= 4 is 5.91 Å². The molecule has 0 bridgehead atoms. The highest BCUT2D eigenvalue weighted by molar-refractivity contribution is 5.79. The van der Waals surface area contributed by atoms with Gasteiger partial charge in [0.2, 0.25) is 5.91 Å². The van der Waals surface area contributed by atoms with Gasteiger partial charge in [0, 0.05) is 24.0 Å². The first-order chi connectivity index (χ1) is 9.46. The first-order valence-corrected chi connectivity index (χ1v) is 8.17. The molecule has 20 heavy (non-hydrogen) atoms. The van der Waals surface area contributed by atoms with Crippen LogP contribution in [0.3, 0.4) is 0 Å². The standard InChI is InChI=1S/C16H31N3O/c1-12-13(7-6-8-14(12)17)15(20)18-11-16(19(2)3)9-4-5-10-16/h12-14H,4-11,17H2,1-3H3,(H,18,20). The van der Waals surface area contributed by atoms with Crippen LogP contribution in [0.2, 0.25) is 0 Å². The third-order valence-electron chi connectivity index (χ3n) is 5.77. The Hall–Kier alpha value is -0.610. The summed E-state index contributed by atoms with van der Waals surface area (Å²) in [6.07, 6.45) is 8.09. The molecule has 3 N–H and O–H groups in total. The molecule has 0 aromatic carbocycles. The van der Waals surface area contributed by atoms with E-state index in [-0.39, 0.29) is 23.4 Å². The molecule has 116 valence electrons. The van der Waals surface area contributed by atoms with E-state index in [0.717, 1.165) is 25.8 Å². The van der Waals surface area contributed by atoms with E-state index in [1.54, 1.807) is 0 Å². The Kier molecular flexibility index (Phi) is 5.08. The monoisotopic (exact) mass is 281 g/mol. The van der Waals surface area contributed by atoms with Crippen molar-refractivity contribution in [3.8, 4) is 0 Å². The van der Waals surface area contributed by atoms with Gasteiger partial charge in [-0.1, -0.05) is 26.2 Å². The van der Waals surface area contributed by atoms with Crippen molar-refractivity contribution in [3.63, 3.8) is 0 Å². The van der Waals surface area contributed by atoms with Crippen LogP contribution in [-0.4, -0.2) is 43.0 Å². The molecule has 0 aromatic rings.